The molecule has 0 N–H and O–H groups in total. The van der Waals surface area contributed by atoms with Gasteiger partial charge in [0, 0.05) is 38.8 Å². The third kappa shape index (κ3) is 8.86. The minimum absolute atomic E-state index is 0.179. The molecule has 30 heavy (non-hydrogen) atoms. The molecule has 0 bridgehead atoms. The summed E-state index contributed by atoms with van der Waals surface area (Å²) in [6.07, 6.45) is 7.91. The van der Waals surface area contributed by atoms with Crippen LogP contribution < -0.4 is 0 Å². The first kappa shape index (κ1) is 24.4. The lowest BCUT2D eigenvalue weighted by Gasteiger charge is -2.33. The molecule has 1 amide bonds. The minimum atomic E-state index is -0.427. The number of ketones is 1. The van der Waals surface area contributed by atoms with E-state index < -0.39 is 5.60 Å². The number of Topliss-reactive ketones (excluding diaryl/α,β-unsaturated/α-hetero) is 1. The van der Waals surface area contributed by atoms with E-state index in [-0.39, 0.29) is 11.9 Å². The molecule has 5 nitrogen and oxygen atoms in total. The number of rotatable bonds is 10. The Labute approximate surface area is 182 Å². The molecular weight excluding hydrogens is 378 g/mol. The second-order valence-corrected chi connectivity index (χ2v) is 9.37. The summed E-state index contributed by atoms with van der Waals surface area (Å²) >= 11 is 0. The van der Waals surface area contributed by atoms with Crippen LogP contribution in [0.15, 0.2) is 24.3 Å². The molecular formula is C25H39NO4. The van der Waals surface area contributed by atoms with Gasteiger partial charge in [-0.05, 0) is 64.4 Å². The van der Waals surface area contributed by atoms with E-state index in [1.165, 1.54) is 18.4 Å². The van der Waals surface area contributed by atoms with Crippen molar-refractivity contribution in [3.05, 3.63) is 35.4 Å². The van der Waals surface area contributed by atoms with E-state index in [1.807, 2.05) is 37.8 Å². The second kappa shape index (κ2) is 12.1. The lowest BCUT2D eigenvalue weighted by molar-refractivity contribution is 0.0180. The number of benzene rings is 1. The van der Waals surface area contributed by atoms with E-state index in [2.05, 4.69) is 12.1 Å². The van der Waals surface area contributed by atoms with Gasteiger partial charge in [-0.1, -0.05) is 37.1 Å². The summed E-state index contributed by atoms with van der Waals surface area (Å²) in [6.45, 7) is 7.97. The summed E-state index contributed by atoms with van der Waals surface area (Å²) < 4.78 is 10.5. The van der Waals surface area contributed by atoms with Crippen LogP contribution in [-0.2, 0) is 15.9 Å². The maximum Gasteiger partial charge on any atom is 0.410 e. The van der Waals surface area contributed by atoms with Crippen LogP contribution in [0.25, 0.3) is 0 Å². The third-order valence-corrected chi connectivity index (χ3v) is 5.62. The minimum Gasteiger partial charge on any atom is -0.444 e. The fourth-order valence-electron chi connectivity index (χ4n) is 3.87. The number of hydrogen-bond acceptors (Lipinski definition) is 4. The summed E-state index contributed by atoms with van der Waals surface area (Å²) in [7, 11) is 1.66. The van der Waals surface area contributed by atoms with E-state index in [9.17, 15) is 9.59 Å². The van der Waals surface area contributed by atoms with Gasteiger partial charge in [0.15, 0.2) is 5.78 Å². The number of unbranched alkanes of at least 4 members (excludes halogenated alkanes) is 1. The van der Waals surface area contributed by atoms with E-state index in [0.29, 0.717) is 18.9 Å². The molecule has 0 atom stereocenters. The molecule has 1 aromatic rings. The smallest absolute Gasteiger partial charge is 0.410 e. The van der Waals surface area contributed by atoms with Crippen LogP contribution in [0.4, 0.5) is 4.79 Å². The molecule has 168 valence electrons. The first-order valence-electron chi connectivity index (χ1n) is 11.4. The van der Waals surface area contributed by atoms with Gasteiger partial charge >= 0.3 is 6.09 Å². The highest BCUT2D eigenvalue weighted by Gasteiger charge is 2.26. The van der Waals surface area contributed by atoms with Crippen molar-refractivity contribution in [2.24, 2.45) is 5.92 Å². The van der Waals surface area contributed by atoms with Crippen molar-refractivity contribution in [1.29, 1.82) is 0 Å². The Morgan fingerprint density at radius 3 is 2.30 bits per heavy atom. The van der Waals surface area contributed by atoms with Gasteiger partial charge in [-0.2, -0.15) is 0 Å². The molecule has 5 heteroatoms. The molecule has 0 spiro atoms. The number of hydrogen-bond donors (Lipinski definition) is 0. The maximum atomic E-state index is 12.1. The summed E-state index contributed by atoms with van der Waals surface area (Å²) in [4.78, 5) is 26.1. The lowest BCUT2D eigenvalue weighted by atomic mass is 9.91. The topological polar surface area (TPSA) is 55.8 Å². The van der Waals surface area contributed by atoms with Gasteiger partial charge in [0.1, 0.15) is 5.60 Å². The number of likely N-dealkylation sites (tertiary alicyclic amines) is 1. The molecule has 1 aliphatic rings. The van der Waals surface area contributed by atoms with E-state index in [1.54, 1.807) is 7.11 Å². The standard InChI is InChI=1S/C25H39NO4/c1-25(2,3)30-24(28)26-17-15-21(16-18-26)9-6-5-8-20-11-13-22(14-12-20)23(27)10-7-19-29-4/h11-14,21H,5-10,15-19H2,1-4H3. The summed E-state index contributed by atoms with van der Waals surface area (Å²) in [6, 6.07) is 8.08. The molecule has 1 heterocycles. The number of methoxy groups -OCH3 is 1. The molecule has 0 saturated carbocycles. The van der Waals surface area contributed by atoms with E-state index in [4.69, 9.17) is 9.47 Å². The van der Waals surface area contributed by atoms with E-state index >= 15 is 0 Å². The molecule has 1 aromatic carbocycles. The highest BCUT2D eigenvalue weighted by atomic mass is 16.6. The number of carbonyl (C=O) groups is 2. The monoisotopic (exact) mass is 417 g/mol. The van der Waals surface area contributed by atoms with Crippen LogP contribution >= 0.6 is 0 Å². The van der Waals surface area contributed by atoms with Crippen molar-refractivity contribution in [2.75, 3.05) is 26.8 Å². The molecule has 0 aliphatic carbocycles. The summed E-state index contributed by atoms with van der Waals surface area (Å²) in [5.74, 6) is 0.895. The zero-order valence-corrected chi connectivity index (χ0v) is 19.2. The van der Waals surface area contributed by atoms with Gasteiger partial charge in [0.2, 0.25) is 0 Å². The average Bonchev–Trinajstić information content (AvgIpc) is 2.71. The number of amides is 1. The number of piperidine rings is 1. The molecule has 0 radical (unpaired) electrons. The molecule has 2 rings (SSSR count). The third-order valence-electron chi connectivity index (χ3n) is 5.62. The van der Waals surface area contributed by atoms with Crippen LogP contribution in [0.1, 0.15) is 81.6 Å². The maximum absolute atomic E-state index is 12.1. The number of ether oxygens (including phenoxy) is 2. The quantitative estimate of drug-likeness (QED) is 0.364. The van der Waals surface area contributed by atoms with Crippen molar-refractivity contribution < 1.29 is 19.1 Å². The van der Waals surface area contributed by atoms with Crippen LogP contribution in [0.5, 0.6) is 0 Å². The van der Waals surface area contributed by atoms with Gasteiger partial charge in [0.25, 0.3) is 0 Å². The van der Waals surface area contributed by atoms with Gasteiger partial charge in [-0.3, -0.25) is 4.79 Å². The van der Waals surface area contributed by atoms with Gasteiger partial charge in [0.05, 0.1) is 0 Å². The zero-order valence-electron chi connectivity index (χ0n) is 19.2. The van der Waals surface area contributed by atoms with Crippen molar-refractivity contribution in [2.45, 2.75) is 77.7 Å². The summed E-state index contributed by atoms with van der Waals surface area (Å²) in [5, 5.41) is 0. The van der Waals surface area contributed by atoms with Crippen LogP contribution in [0.2, 0.25) is 0 Å². The van der Waals surface area contributed by atoms with E-state index in [0.717, 1.165) is 50.8 Å². The Hall–Kier alpha value is -1.88. The molecule has 0 unspecified atom stereocenters. The average molecular weight is 418 g/mol. The fraction of sp³-hybridized carbons (Fsp3) is 0.680. The van der Waals surface area contributed by atoms with Crippen molar-refractivity contribution in [1.82, 2.24) is 4.90 Å². The normalized spacial score (nSPS) is 15.3. The molecule has 1 fully saturated rings. The van der Waals surface area contributed by atoms with Gasteiger partial charge < -0.3 is 14.4 Å². The predicted octanol–water partition coefficient (Wildman–Crippen LogP) is 5.66. The van der Waals surface area contributed by atoms with Gasteiger partial charge in [-0.25, -0.2) is 4.79 Å². The highest BCUT2D eigenvalue weighted by molar-refractivity contribution is 5.96. The lowest BCUT2D eigenvalue weighted by Crippen LogP contribution is -2.41. The first-order valence-corrected chi connectivity index (χ1v) is 11.4. The van der Waals surface area contributed by atoms with Gasteiger partial charge in [-0.15, -0.1) is 0 Å². The van der Waals surface area contributed by atoms with Crippen LogP contribution in [-0.4, -0.2) is 49.2 Å². The number of carbonyl (C=O) groups excluding carboxylic acids is 2. The van der Waals surface area contributed by atoms with Crippen molar-refractivity contribution in [3.63, 3.8) is 0 Å². The molecule has 1 saturated heterocycles. The Morgan fingerprint density at radius 2 is 1.70 bits per heavy atom. The Balaban J connectivity index is 1.62. The Kier molecular flexibility index (Phi) is 9.83. The zero-order chi connectivity index (χ0) is 22.0. The SMILES string of the molecule is COCCCC(=O)c1ccc(CCCCC2CCN(C(=O)OC(C)(C)C)CC2)cc1. The largest absolute Gasteiger partial charge is 0.444 e. The van der Waals surface area contributed by atoms with Crippen molar-refractivity contribution in [3.8, 4) is 0 Å². The number of aryl methyl sites for hydroxylation is 1. The fourth-order valence-corrected chi connectivity index (χ4v) is 3.87. The summed E-state index contributed by atoms with van der Waals surface area (Å²) in [5.41, 5.74) is 1.67. The predicted molar refractivity (Wildman–Crippen MR) is 120 cm³/mol. The second-order valence-electron chi connectivity index (χ2n) is 9.37. The Bertz CT molecular complexity index is 655. The molecule has 0 aromatic heterocycles. The van der Waals surface area contributed by atoms with Crippen LogP contribution in [0.3, 0.4) is 0 Å². The van der Waals surface area contributed by atoms with Crippen molar-refractivity contribution >= 4 is 11.9 Å². The first-order chi connectivity index (χ1) is 14.3. The molecule has 1 aliphatic heterocycles. The van der Waals surface area contributed by atoms with Crippen LogP contribution in [0, 0.1) is 5.92 Å². The number of nitrogens with zero attached hydrogens (tertiary/aromatic N) is 1. The highest BCUT2D eigenvalue weighted by Crippen LogP contribution is 2.24. The Morgan fingerprint density at radius 1 is 1.03 bits per heavy atom.